The number of nitrogens with zero attached hydrogens (tertiary/aromatic N) is 1. The molecule has 2 aliphatic heterocycles. The Morgan fingerprint density at radius 1 is 1.41 bits per heavy atom. The SMILES string of the molecule is CC(=O)N1CCC(Nc2cc(Cl)cc3c2OCNC3=O)CC1. The minimum absolute atomic E-state index is 0.110. The summed E-state index contributed by atoms with van der Waals surface area (Å²) in [7, 11) is 0. The standard InChI is InChI=1S/C15H18ClN3O3/c1-9(20)19-4-2-11(3-5-19)18-13-7-10(16)6-12-14(13)22-8-17-15(12)21/h6-7,11,18H,2-5,8H2,1H3,(H,17,21). The van der Waals surface area contributed by atoms with Gasteiger partial charge in [0.15, 0.2) is 12.5 Å². The number of hydrogen-bond donors (Lipinski definition) is 2. The average molecular weight is 324 g/mol. The smallest absolute Gasteiger partial charge is 0.257 e. The number of anilines is 1. The topological polar surface area (TPSA) is 70.7 Å². The first kappa shape index (κ1) is 15.0. The van der Waals surface area contributed by atoms with E-state index in [1.807, 2.05) is 4.90 Å². The third-order valence-corrected chi connectivity index (χ3v) is 4.27. The molecule has 1 aromatic carbocycles. The molecule has 6 nitrogen and oxygen atoms in total. The van der Waals surface area contributed by atoms with E-state index in [0.29, 0.717) is 16.3 Å². The molecule has 2 amide bonds. The number of likely N-dealkylation sites (tertiary alicyclic amines) is 1. The van der Waals surface area contributed by atoms with Crippen molar-refractivity contribution < 1.29 is 14.3 Å². The van der Waals surface area contributed by atoms with Crippen LogP contribution < -0.4 is 15.4 Å². The van der Waals surface area contributed by atoms with Gasteiger partial charge in [0, 0.05) is 31.1 Å². The van der Waals surface area contributed by atoms with Crippen molar-refractivity contribution in [3.8, 4) is 5.75 Å². The first-order chi connectivity index (χ1) is 10.5. The van der Waals surface area contributed by atoms with Gasteiger partial charge in [-0.05, 0) is 25.0 Å². The molecule has 1 fully saturated rings. The van der Waals surface area contributed by atoms with E-state index in [2.05, 4.69) is 10.6 Å². The number of benzene rings is 1. The molecule has 1 saturated heterocycles. The Kier molecular flexibility index (Phi) is 4.11. The first-order valence-electron chi connectivity index (χ1n) is 7.31. The number of piperidine rings is 1. The van der Waals surface area contributed by atoms with Crippen LogP contribution in [0, 0.1) is 0 Å². The van der Waals surface area contributed by atoms with Crippen LogP contribution in [-0.2, 0) is 4.79 Å². The lowest BCUT2D eigenvalue weighted by Gasteiger charge is -2.33. The molecule has 0 unspecified atom stereocenters. The van der Waals surface area contributed by atoms with Gasteiger partial charge in [0.2, 0.25) is 5.91 Å². The molecular formula is C15H18ClN3O3. The third-order valence-electron chi connectivity index (χ3n) is 4.05. The Labute approximate surface area is 133 Å². The van der Waals surface area contributed by atoms with Crippen molar-refractivity contribution in [1.29, 1.82) is 0 Å². The van der Waals surface area contributed by atoms with Crippen molar-refractivity contribution >= 4 is 29.1 Å². The summed E-state index contributed by atoms with van der Waals surface area (Å²) in [6, 6.07) is 3.61. The minimum Gasteiger partial charge on any atom is -0.470 e. The summed E-state index contributed by atoms with van der Waals surface area (Å²) in [6.07, 6.45) is 1.71. The molecule has 1 aromatic rings. The van der Waals surface area contributed by atoms with Crippen LogP contribution in [0.5, 0.6) is 5.75 Å². The van der Waals surface area contributed by atoms with Gasteiger partial charge < -0.3 is 20.3 Å². The first-order valence-corrected chi connectivity index (χ1v) is 7.69. The molecule has 0 spiro atoms. The molecule has 0 saturated carbocycles. The van der Waals surface area contributed by atoms with Crippen LogP contribution in [0.4, 0.5) is 5.69 Å². The molecule has 7 heteroatoms. The van der Waals surface area contributed by atoms with Gasteiger partial charge in [0.25, 0.3) is 5.91 Å². The lowest BCUT2D eigenvalue weighted by atomic mass is 10.0. The summed E-state index contributed by atoms with van der Waals surface area (Å²) in [5.74, 6) is 0.471. The third kappa shape index (κ3) is 2.97. The lowest BCUT2D eigenvalue weighted by Crippen LogP contribution is -2.41. The van der Waals surface area contributed by atoms with Crippen molar-refractivity contribution in [3.63, 3.8) is 0 Å². The van der Waals surface area contributed by atoms with Crippen LogP contribution in [0.25, 0.3) is 0 Å². The van der Waals surface area contributed by atoms with Gasteiger partial charge in [-0.15, -0.1) is 0 Å². The van der Waals surface area contributed by atoms with Crippen LogP contribution in [0.1, 0.15) is 30.1 Å². The number of amides is 2. The van der Waals surface area contributed by atoms with Crippen molar-refractivity contribution in [2.45, 2.75) is 25.8 Å². The van der Waals surface area contributed by atoms with Crippen molar-refractivity contribution in [2.75, 3.05) is 25.1 Å². The number of halogens is 1. The van der Waals surface area contributed by atoms with E-state index in [-0.39, 0.29) is 24.6 Å². The summed E-state index contributed by atoms with van der Waals surface area (Å²) in [4.78, 5) is 25.1. The largest absolute Gasteiger partial charge is 0.470 e. The highest BCUT2D eigenvalue weighted by Gasteiger charge is 2.25. The Bertz CT molecular complexity index is 612. The van der Waals surface area contributed by atoms with Crippen molar-refractivity contribution in [3.05, 3.63) is 22.7 Å². The molecule has 0 bridgehead atoms. The molecule has 3 rings (SSSR count). The van der Waals surface area contributed by atoms with Gasteiger partial charge in [0.05, 0.1) is 11.3 Å². The Morgan fingerprint density at radius 2 is 2.14 bits per heavy atom. The quantitative estimate of drug-likeness (QED) is 0.871. The fraction of sp³-hybridized carbons (Fsp3) is 0.467. The zero-order valence-electron chi connectivity index (χ0n) is 12.3. The number of hydrogen-bond acceptors (Lipinski definition) is 4. The second kappa shape index (κ2) is 6.04. The molecule has 2 aliphatic rings. The molecule has 0 aromatic heterocycles. The number of carbonyl (C=O) groups excluding carboxylic acids is 2. The van der Waals surface area contributed by atoms with Crippen molar-refractivity contribution in [1.82, 2.24) is 10.2 Å². The van der Waals surface area contributed by atoms with Crippen LogP contribution in [0.3, 0.4) is 0 Å². The zero-order chi connectivity index (χ0) is 15.7. The molecule has 0 aliphatic carbocycles. The lowest BCUT2D eigenvalue weighted by molar-refractivity contribution is -0.129. The molecule has 2 heterocycles. The maximum Gasteiger partial charge on any atom is 0.257 e. The van der Waals surface area contributed by atoms with E-state index in [0.717, 1.165) is 31.6 Å². The summed E-state index contributed by atoms with van der Waals surface area (Å²) in [5, 5.41) is 6.51. The van der Waals surface area contributed by atoms with Gasteiger partial charge in [0.1, 0.15) is 0 Å². The Hall–Kier alpha value is -1.95. The van der Waals surface area contributed by atoms with E-state index in [1.54, 1.807) is 19.1 Å². The highest BCUT2D eigenvalue weighted by molar-refractivity contribution is 6.31. The molecule has 0 atom stereocenters. The van der Waals surface area contributed by atoms with E-state index in [4.69, 9.17) is 16.3 Å². The van der Waals surface area contributed by atoms with Gasteiger partial charge in [-0.3, -0.25) is 9.59 Å². The summed E-state index contributed by atoms with van der Waals surface area (Å²) < 4.78 is 5.56. The molecule has 2 N–H and O–H groups in total. The van der Waals surface area contributed by atoms with Crippen LogP contribution in [0.2, 0.25) is 5.02 Å². The number of fused-ring (bicyclic) bond motifs is 1. The van der Waals surface area contributed by atoms with Gasteiger partial charge in [-0.1, -0.05) is 11.6 Å². The minimum atomic E-state index is -0.182. The van der Waals surface area contributed by atoms with Crippen LogP contribution in [-0.4, -0.2) is 42.6 Å². The fourth-order valence-electron chi connectivity index (χ4n) is 2.85. The summed E-state index contributed by atoms with van der Waals surface area (Å²) in [6.45, 7) is 3.21. The average Bonchev–Trinajstić information content (AvgIpc) is 2.49. The monoisotopic (exact) mass is 323 g/mol. The maximum absolute atomic E-state index is 11.9. The molecule has 0 radical (unpaired) electrons. The number of carbonyl (C=O) groups is 2. The molecule has 118 valence electrons. The molecular weight excluding hydrogens is 306 g/mol. The van der Waals surface area contributed by atoms with Gasteiger partial charge in [-0.2, -0.15) is 0 Å². The zero-order valence-corrected chi connectivity index (χ0v) is 13.1. The second-order valence-corrected chi connectivity index (χ2v) is 5.99. The predicted octanol–water partition coefficient (Wildman–Crippen LogP) is 1.84. The second-order valence-electron chi connectivity index (χ2n) is 5.55. The van der Waals surface area contributed by atoms with Crippen LogP contribution in [0.15, 0.2) is 12.1 Å². The van der Waals surface area contributed by atoms with Gasteiger partial charge in [-0.25, -0.2) is 0 Å². The van der Waals surface area contributed by atoms with Crippen LogP contribution >= 0.6 is 11.6 Å². The maximum atomic E-state index is 11.9. The summed E-state index contributed by atoms with van der Waals surface area (Å²) >= 11 is 6.10. The van der Waals surface area contributed by atoms with E-state index < -0.39 is 0 Å². The van der Waals surface area contributed by atoms with E-state index in [9.17, 15) is 9.59 Å². The number of nitrogens with one attached hydrogen (secondary N) is 2. The molecule has 22 heavy (non-hydrogen) atoms. The normalized spacial score (nSPS) is 18.3. The highest BCUT2D eigenvalue weighted by atomic mass is 35.5. The summed E-state index contributed by atoms with van der Waals surface area (Å²) in [5.41, 5.74) is 1.18. The Balaban J connectivity index is 1.76. The van der Waals surface area contributed by atoms with Crippen molar-refractivity contribution in [2.24, 2.45) is 0 Å². The van der Waals surface area contributed by atoms with E-state index >= 15 is 0 Å². The van der Waals surface area contributed by atoms with Gasteiger partial charge >= 0.3 is 0 Å². The predicted molar refractivity (Wildman–Crippen MR) is 83.3 cm³/mol. The van der Waals surface area contributed by atoms with E-state index in [1.165, 1.54) is 0 Å². The number of rotatable bonds is 2. The Morgan fingerprint density at radius 3 is 2.82 bits per heavy atom. The number of ether oxygens (including phenoxy) is 1. The highest BCUT2D eigenvalue weighted by Crippen LogP contribution is 2.35. The fourth-order valence-corrected chi connectivity index (χ4v) is 3.07.